The van der Waals surface area contributed by atoms with E-state index in [1.54, 1.807) is 0 Å². The van der Waals surface area contributed by atoms with Gasteiger partial charge in [-0.15, -0.1) is 0 Å². The van der Waals surface area contributed by atoms with Gasteiger partial charge in [-0.1, -0.05) is 24.0 Å². The Hall–Kier alpha value is -1.34. The highest BCUT2D eigenvalue weighted by molar-refractivity contribution is 5.36. The highest BCUT2D eigenvalue weighted by atomic mass is 16.5. The molecule has 0 spiro atoms. The summed E-state index contributed by atoms with van der Waals surface area (Å²) >= 11 is 0. The molecule has 19 heavy (non-hydrogen) atoms. The molecular formula is C16H21NO2. The summed E-state index contributed by atoms with van der Waals surface area (Å²) in [4.78, 5) is 2.44. The summed E-state index contributed by atoms with van der Waals surface area (Å²) in [7, 11) is 0. The van der Waals surface area contributed by atoms with Gasteiger partial charge >= 0.3 is 0 Å². The topological polar surface area (TPSA) is 32.7 Å². The lowest BCUT2D eigenvalue weighted by Gasteiger charge is -2.21. The largest absolute Gasteiger partial charge is 0.384 e. The maximum Gasteiger partial charge on any atom is 0.104 e. The third-order valence-electron chi connectivity index (χ3n) is 3.21. The van der Waals surface area contributed by atoms with Gasteiger partial charge in [0.15, 0.2) is 0 Å². The van der Waals surface area contributed by atoms with E-state index < -0.39 is 0 Å². The van der Waals surface area contributed by atoms with E-state index in [2.05, 4.69) is 35.8 Å². The molecule has 1 N–H and O–H groups in total. The van der Waals surface area contributed by atoms with Gasteiger partial charge in [0.05, 0.1) is 6.10 Å². The van der Waals surface area contributed by atoms with Crippen LogP contribution in [0.5, 0.6) is 0 Å². The molecule has 0 bridgehead atoms. The lowest BCUT2D eigenvalue weighted by atomic mass is 10.1. The van der Waals surface area contributed by atoms with E-state index in [-0.39, 0.29) is 6.61 Å². The minimum Gasteiger partial charge on any atom is -0.384 e. The van der Waals surface area contributed by atoms with Crippen LogP contribution in [0.2, 0.25) is 0 Å². The second-order valence-corrected chi connectivity index (χ2v) is 4.93. The molecule has 0 amide bonds. The van der Waals surface area contributed by atoms with Crippen molar-refractivity contribution in [3.05, 3.63) is 35.4 Å². The SMILES string of the molecule is CC1CN(Cc2ccc(C#CCO)cc2)CCCO1. The van der Waals surface area contributed by atoms with Crippen molar-refractivity contribution in [2.24, 2.45) is 0 Å². The second kappa shape index (κ2) is 7.30. The number of ether oxygens (including phenoxy) is 1. The van der Waals surface area contributed by atoms with Crippen LogP contribution in [0, 0.1) is 11.8 Å². The quantitative estimate of drug-likeness (QED) is 0.820. The van der Waals surface area contributed by atoms with Crippen molar-refractivity contribution in [1.29, 1.82) is 0 Å². The summed E-state index contributed by atoms with van der Waals surface area (Å²) in [5, 5.41) is 8.66. The van der Waals surface area contributed by atoms with E-state index in [1.165, 1.54) is 5.56 Å². The van der Waals surface area contributed by atoms with Crippen molar-refractivity contribution in [3.8, 4) is 11.8 Å². The van der Waals surface area contributed by atoms with E-state index in [4.69, 9.17) is 9.84 Å². The van der Waals surface area contributed by atoms with Gasteiger partial charge < -0.3 is 9.84 Å². The van der Waals surface area contributed by atoms with Crippen LogP contribution in [0.4, 0.5) is 0 Å². The third-order valence-corrected chi connectivity index (χ3v) is 3.21. The van der Waals surface area contributed by atoms with Crippen molar-refractivity contribution in [2.45, 2.75) is 26.0 Å². The molecule has 0 saturated carbocycles. The van der Waals surface area contributed by atoms with Crippen LogP contribution in [0.25, 0.3) is 0 Å². The molecule has 1 unspecified atom stereocenters. The predicted molar refractivity (Wildman–Crippen MR) is 75.7 cm³/mol. The Balaban J connectivity index is 1.94. The van der Waals surface area contributed by atoms with Gasteiger partial charge in [-0.3, -0.25) is 4.90 Å². The van der Waals surface area contributed by atoms with Gasteiger partial charge in [0, 0.05) is 31.8 Å². The van der Waals surface area contributed by atoms with Crippen molar-refractivity contribution in [2.75, 3.05) is 26.3 Å². The van der Waals surface area contributed by atoms with Gasteiger partial charge in [0.2, 0.25) is 0 Å². The van der Waals surface area contributed by atoms with Gasteiger partial charge in [0.1, 0.15) is 6.61 Å². The van der Waals surface area contributed by atoms with Crippen LogP contribution in [0.1, 0.15) is 24.5 Å². The Labute approximate surface area is 115 Å². The highest BCUT2D eigenvalue weighted by Gasteiger charge is 2.14. The smallest absolute Gasteiger partial charge is 0.104 e. The summed E-state index contributed by atoms with van der Waals surface area (Å²) in [6, 6.07) is 8.24. The fraction of sp³-hybridized carbons (Fsp3) is 0.500. The maximum absolute atomic E-state index is 8.66. The predicted octanol–water partition coefficient (Wildman–Crippen LogP) is 1.64. The minimum atomic E-state index is -0.0899. The van der Waals surface area contributed by atoms with E-state index >= 15 is 0 Å². The molecule has 0 aromatic heterocycles. The molecular weight excluding hydrogens is 238 g/mol. The Kier molecular flexibility index (Phi) is 5.41. The van der Waals surface area contributed by atoms with Gasteiger partial charge in [-0.2, -0.15) is 0 Å². The standard InChI is InChI=1S/C16H21NO2/c1-14-12-17(9-3-11-19-14)13-16-7-5-15(6-8-16)4-2-10-18/h5-8,14,18H,3,9-13H2,1H3. The molecule has 1 aromatic carbocycles. The summed E-state index contributed by atoms with van der Waals surface area (Å²) < 4.78 is 5.65. The number of rotatable bonds is 2. The van der Waals surface area contributed by atoms with Gasteiger partial charge in [0.25, 0.3) is 0 Å². The number of aliphatic hydroxyl groups is 1. The van der Waals surface area contributed by atoms with Crippen molar-refractivity contribution < 1.29 is 9.84 Å². The number of aliphatic hydroxyl groups excluding tert-OH is 1. The maximum atomic E-state index is 8.66. The average molecular weight is 259 g/mol. The third kappa shape index (κ3) is 4.68. The fourth-order valence-corrected chi connectivity index (χ4v) is 2.32. The number of benzene rings is 1. The molecule has 1 atom stereocenters. The zero-order valence-electron chi connectivity index (χ0n) is 11.4. The van der Waals surface area contributed by atoms with E-state index in [0.29, 0.717) is 6.10 Å². The highest BCUT2D eigenvalue weighted by Crippen LogP contribution is 2.11. The first-order chi connectivity index (χ1) is 9.28. The first-order valence-corrected chi connectivity index (χ1v) is 6.80. The Morgan fingerprint density at radius 3 is 2.89 bits per heavy atom. The normalized spacial score (nSPS) is 20.4. The number of nitrogens with zero attached hydrogens (tertiary/aromatic N) is 1. The van der Waals surface area contributed by atoms with Crippen LogP contribution in [0.3, 0.4) is 0 Å². The molecule has 1 fully saturated rings. The molecule has 3 nitrogen and oxygen atoms in total. The summed E-state index contributed by atoms with van der Waals surface area (Å²) in [5.41, 5.74) is 2.24. The van der Waals surface area contributed by atoms with Crippen LogP contribution < -0.4 is 0 Å². The lowest BCUT2D eigenvalue weighted by molar-refractivity contribution is 0.0668. The molecule has 1 aliphatic heterocycles. The molecule has 2 rings (SSSR count). The molecule has 102 valence electrons. The fourth-order valence-electron chi connectivity index (χ4n) is 2.32. The first kappa shape index (κ1) is 14.1. The van der Waals surface area contributed by atoms with Crippen molar-refractivity contribution >= 4 is 0 Å². The Morgan fingerprint density at radius 1 is 1.37 bits per heavy atom. The lowest BCUT2D eigenvalue weighted by Crippen LogP contribution is -2.29. The zero-order valence-corrected chi connectivity index (χ0v) is 11.4. The first-order valence-electron chi connectivity index (χ1n) is 6.80. The second-order valence-electron chi connectivity index (χ2n) is 4.93. The molecule has 0 aliphatic carbocycles. The Bertz CT molecular complexity index is 444. The van der Waals surface area contributed by atoms with Crippen molar-refractivity contribution in [1.82, 2.24) is 4.90 Å². The van der Waals surface area contributed by atoms with Gasteiger partial charge in [-0.25, -0.2) is 0 Å². The van der Waals surface area contributed by atoms with Crippen LogP contribution >= 0.6 is 0 Å². The molecule has 1 saturated heterocycles. The Morgan fingerprint density at radius 2 is 2.16 bits per heavy atom. The van der Waals surface area contributed by atoms with Gasteiger partial charge in [-0.05, 0) is 31.0 Å². The average Bonchev–Trinajstić information content (AvgIpc) is 2.62. The van der Waals surface area contributed by atoms with E-state index in [1.807, 2.05) is 12.1 Å². The number of hydrogen-bond donors (Lipinski definition) is 1. The molecule has 1 aliphatic rings. The molecule has 1 heterocycles. The van der Waals surface area contributed by atoms with Crippen molar-refractivity contribution in [3.63, 3.8) is 0 Å². The van der Waals surface area contributed by atoms with Crippen LogP contribution in [-0.2, 0) is 11.3 Å². The summed E-state index contributed by atoms with van der Waals surface area (Å²) in [6.07, 6.45) is 1.42. The monoisotopic (exact) mass is 259 g/mol. The van der Waals surface area contributed by atoms with Crippen LogP contribution in [0.15, 0.2) is 24.3 Å². The van der Waals surface area contributed by atoms with Crippen LogP contribution in [-0.4, -0.2) is 42.4 Å². The zero-order chi connectivity index (χ0) is 13.5. The number of hydrogen-bond acceptors (Lipinski definition) is 3. The minimum absolute atomic E-state index is 0.0899. The molecule has 0 radical (unpaired) electrons. The van der Waals surface area contributed by atoms with E-state index in [0.717, 1.165) is 38.2 Å². The van der Waals surface area contributed by atoms with E-state index in [9.17, 15) is 0 Å². The summed E-state index contributed by atoms with van der Waals surface area (Å²) in [6.45, 7) is 5.95. The summed E-state index contributed by atoms with van der Waals surface area (Å²) in [5.74, 6) is 5.57. The molecule has 1 aromatic rings. The molecule has 3 heteroatoms.